The summed E-state index contributed by atoms with van der Waals surface area (Å²) in [5.41, 5.74) is 4.08. The molecule has 0 heterocycles. The van der Waals surface area contributed by atoms with Crippen molar-refractivity contribution in [1.29, 1.82) is 0 Å². The molecule has 0 aromatic heterocycles. The maximum absolute atomic E-state index is 13.1. The van der Waals surface area contributed by atoms with Crippen LogP contribution < -0.4 is 4.90 Å². The molecule has 1 aromatic carbocycles. The van der Waals surface area contributed by atoms with Gasteiger partial charge >= 0.3 is 5.97 Å². The van der Waals surface area contributed by atoms with Gasteiger partial charge in [-0.3, -0.25) is 9.59 Å². The molecule has 3 rings (SSSR count). The second-order valence-corrected chi connectivity index (χ2v) is 10.6. The Hall–Kier alpha value is -2.10. The van der Waals surface area contributed by atoms with Crippen LogP contribution in [0.4, 0.5) is 5.69 Å². The van der Waals surface area contributed by atoms with Gasteiger partial charge in [-0.1, -0.05) is 50.5 Å². The van der Waals surface area contributed by atoms with E-state index in [2.05, 4.69) is 71.0 Å². The fourth-order valence-corrected chi connectivity index (χ4v) is 7.02. The maximum Gasteiger partial charge on any atom is 0.303 e. The SMILES string of the molecule is CCC/C(C)=C1\C(c2ccc(N(C)C)cc2)C[C@@]2(C)C(CC[C@]2(OC(C)=O)C(C)=O)C1C. The smallest absolute Gasteiger partial charge is 0.303 e. The number of carbonyl (C=O) groups excluding carboxylic acids is 2. The van der Waals surface area contributed by atoms with Crippen LogP contribution in [0.2, 0.25) is 0 Å². The summed E-state index contributed by atoms with van der Waals surface area (Å²) in [6.07, 6.45) is 4.59. The average Bonchev–Trinajstić information content (AvgIpc) is 3.01. The van der Waals surface area contributed by atoms with Gasteiger partial charge in [-0.2, -0.15) is 0 Å². The molecule has 5 atom stereocenters. The number of fused-ring (bicyclic) bond motifs is 1. The minimum Gasteiger partial charge on any atom is -0.451 e. The van der Waals surface area contributed by atoms with Gasteiger partial charge in [0.05, 0.1) is 0 Å². The number of ketones is 1. The number of hydrogen-bond acceptors (Lipinski definition) is 4. The molecule has 2 saturated carbocycles. The average molecular weight is 440 g/mol. The monoisotopic (exact) mass is 439 g/mol. The minimum atomic E-state index is -1.02. The standard InChI is InChI=1S/C28H41NO3/c1-9-10-18(2)26-19(3)25-15-16-28(20(4)30,32-21(5)31)27(25,6)17-24(26)22-11-13-23(14-12-22)29(7)8/h11-14,19,24-25H,9-10,15-17H2,1-8H3/b26-18-/t19?,24?,25?,27-,28-/m0/s1. The lowest BCUT2D eigenvalue weighted by molar-refractivity contribution is -0.182. The number of ether oxygens (including phenoxy) is 1. The van der Waals surface area contributed by atoms with Crippen LogP contribution in [-0.4, -0.2) is 31.4 Å². The van der Waals surface area contributed by atoms with E-state index in [0.29, 0.717) is 18.3 Å². The minimum absolute atomic E-state index is 0.00989. The molecule has 0 amide bonds. The molecule has 0 aliphatic heterocycles. The van der Waals surface area contributed by atoms with E-state index in [-0.39, 0.29) is 23.1 Å². The molecule has 0 radical (unpaired) electrons. The molecule has 3 unspecified atom stereocenters. The molecule has 0 saturated heterocycles. The van der Waals surface area contributed by atoms with Crippen molar-refractivity contribution < 1.29 is 14.3 Å². The predicted molar refractivity (Wildman–Crippen MR) is 131 cm³/mol. The van der Waals surface area contributed by atoms with Gasteiger partial charge in [-0.15, -0.1) is 0 Å². The first-order valence-electron chi connectivity index (χ1n) is 12.2. The van der Waals surface area contributed by atoms with Gasteiger partial charge in [0.1, 0.15) is 0 Å². The van der Waals surface area contributed by atoms with E-state index in [1.54, 1.807) is 6.92 Å². The summed E-state index contributed by atoms with van der Waals surface area (Å²) < 4.78 is 5.95. The molecule has 4 nitrogen and oxygen atoms in total. The second kappa shape index (κ2) is 9.03. The highest BCUT2D eigenvalue weighted by Gasteiger charge is 2.66. The number of Topliss-reactive ketones (excluding diaryl/α,β-unsaturated/α-hetero) is 1. The molecule has 0 bridgehead atoms. The Labute approximate surface area is 194 Å². The van der Waals surface area contributed by atoms with Gasteiger partial charge in [0, 0.05) is 38.0 Å². The van der Waals surface area contributed by atoms with Crippen molar-refractivity contribution in [2.24, 2.45) is 17.3 Å². The molecule has 2 fully saturated rings. The van der Waals surface area contributed by atoms with Crippen LogP contribution in [0.3, 0.4) is 0 Å². The van der Waals surface area contributed by atoms with E-state index in [1.807, 2.05) is 0 Å². The molecular formula is C28H41NO3. The van der Waals surface area contributed by atoms with Crippen molar-refractivity contribution in [2.75, 3.05) is 19.0 Å². The summed E-state index contributed by atoms with van der Waals surface area (Å²) in [7, 11) is 4.11. The van der Waals surface area contributed by atoms with Gasteiger partial charge < -0.3 is 9.64 Å². The van der Waals surface area contributed by atoms with Crippen molar-refractivity contribution >= 4 is 17.4 Å². The summed E-state index contributed by atoms with van der Waals surface area (Å²) in [6, 6.07) is 8.85. The first kappa shape index (κ1) is 24.5. The highest BCUT2D eigenvalue weighted by molar-refractivity contribution is 5.89. The number of anilines is 1. The van der Waals surface area contributed by atoms with Crippen LogP contribution in [0.1, 0.15) is 85.1 Å². The highest BCUT2D eigenvalue weighted by atomic mass is 16.6. The Morgan fingerprint density at radius 1 is 1.12 bits per heavy atom. The zero-order chi connectivity index (χ0) is 23.8. The van der Waals surface area contributed by atoms with Crippen LogP contribution in [0.25, 0.3) is 0 Å². The van der Waals surface area contributed by atoms with Crippen LogP contribution in [-0.2, 0) is 14.3 Å². The number of esters is 1. The molecule has 4 heteroatoms. The van der Waals surface area contributed by atoms with Crippen molar-refractivity contribution in [2.45, 2.75) is 85.2 Å². The van der Waals surface area contributed by atoms with E-state index in [1.165, 1.54) is 29.3 Å². The lowest BCUT2D eigenvalue weighted by Gasteiger charge is -2.52. The van der Waals surface area contributed by atoms with Crippen molar-refractivity contribution in [3.63, 3.8) is 0 Å². The third-order valence-electron chi connectivity index (χ3n) is 8.46. The van der Waals surface area contributed by atoms with Gasteiger partial charge in [0.15, 0.2) is 11.4 Å². The largest absolute Gasteiger partial charge is 0.451 e. The molecule has 2 aliphatic carbocycles. The van der Waals surface area contributed by atoms with Crippen molar-refractivity contribution in [1.82, 2.24) is 0 Å². The summed E-state index contributed by atoms with van der Waals surface area (Å²) in [4.78, 5) is 27.3. The molecule has 32 heavy (non-hydrogen) atoms. The van der Waals surface area contributed by atoms with Crippen LogP contribution >= 0.6 is 0 Å². The third-order valence-corrected chi connectivity index (χ3v) is 8.46. The first-order chi connectivity index (χ1) is 15.0. The highest BCUT2D eigenvalue weighted by Crippen LogP contribution is 2.65. The van der Waals surface area contributed by atoms with Gasteiger partial charge in [0.2, 0.25) is 0 Å². The van der Waals surface area contributed by atoms with Gasteiger partial charge in [-0.05, 0) is 69.1 Å². The van der Waals surface area contributed by atoms with E-state index >= 15 is 0 Å². The summed E-state index contributed by atoms with van der Waals surface area (Å²) in [6.45, 7) is 12.1. The zero-order valence-electron chi connectivity index (χ0n) is 21.2. The topological polar surface area (TPSA) is 46.6 Å². The Bertz CT molecular complexity index is 900. The van der Waals surface area contributed by atoms with Crippen molar-refractivity contribution in [3.05, 3.63) is 41.0 Å². The lowest BCUT2D eigenvalue weighted by atomic mass is 9.53. The summed E-state index contributed by atoms with van der Waals surface area (Å²) in [5.74, 6) is 0.524. The van der Waals surface area contributed by atoms with E-state index in [4.69, 9.17) is 4.74 Å². The van der Waals surface area contributed by atoms with Crippen molar-refractivity contribution in [3.8, 4) is 0 Å². The number of nitrogens with zero attached hydrogens (tertiary/aromatic N) is 1. The van der Waals surface area contributed by atoms with Crippen LogP contribution in [0.15, 0.2) is 35.4 Å². The Morgan fingerprint density at radius 3 is 2.25 bits per heavy atom. The molecule has 2 aliphatic rings. The molecule has 0 N–H and O–H groups in total. The number of allylic oxidation sites excluding steroid dienone is 2. The number of benzene rings is 1. The summed E-state index contributed by atoms with van der Waals surface area (Å²) >= 11 is 0. The van der Waals surface area contributed by atoms with Crippen LogP contribution in [0.5, 0.6) is 0 Å². The quantitative estimate of drug-likeness (QED) is 0.385. The normalized spacial score (nSPS) is 33.4. The molecular weight excluding hydrogens is 398 g/mol. The fraction of sp³-hybridized carbons (Fsp3) is 0.643. The Balaban J connectivity index is 2.16. The maximum atomic E-state index is 13.1. The molecule has 1 aromatic rings. The molecule has 0 spiro atoms. The second-order valence-electron chi connectivity index (χ2n) is 10.6. The number of carbonyl (C=O) groups is 2. The Morgan fingerprint density at radius 2 is 1.75 bits per heavy atom. The van der Waals surface area contributed by atoms with Crippen LogP contribution in [0, 0.1) is 17.3 Å². The number of hydrogen-bond donors (Lipinski definition) is 0. The fourth-order valence-electron chi connectivity index (χ4n) is 7.02. The van der Waals surface area contributed by atoms with E-state index in [9.17, 15) is 9.59 Å². The zero-order valence-corrected chi connectivity index (χ0v) is 21.2. The predicted octanol–water partition coefficient (Wildman–Crippen LogP) is 6.30. The van der Waals surface area contributed by atoms with Gasteiger partial charge in [0.25, 0.3) is 0 Å². The Kier molecular flexibility index (Phi) is 6.93. The lowest BCUT2D eigenvalue weighted by Crippen LogP contribution is -2.56. The number of rotatable bonds is 6. The summed E-state index contributed by atoms with van der Waals surface area (Å²) in [5, 5.41) is 0. The van der Waals surface area contributed by atoms with Gasteiger partial charge in [-0.25, -0.2) is 0 Å². The first-order valence-corrected chi connectivity index (χ1v) is 12.2. The molecule has 176 valence electrons. The van der Waals surface area contributed by atoms with E-state index in [0.717, 1.165) is 25.7 Å². The van der Waals surface area contributed by atoms with E-state index < -0.39 is 5.60 Å². The third kappa shape index (κ3) is 3.91.